The van der Waals surface area contributed by atoms with Gasteiger partial charge in [0.15, 0.2) is 5.96 Å². The van der Waals surface area contributed by atoms with Crippen molar-refractivity contribution in [2.45, 2.75) is 64.5 Å². The summed E-state index contributed by atoms with van der Waals surface area (Å²) < 4.78 is 11.4. The fourth-order valence-corrected chi connectivity index (χ4v) is 3.26. The summed E-state index contributed by atoms with van der Waals surface area (Å²) in [7, 11) is 3.56. The van der Waals surface area contributed by atoms with Gasteiger partial charge in [-0.15, -0.1) is 0 Å². The van der Waals surface area contributed by atoms with Crippen molar-refractivity contribution >= 4 is 5.96 Å². The lowest BCUT2D eigenvalue weighted by Gasteiger charge is -2.18. The highest BCUT2D eigenvalue weighted by Gasteiger charge is 2.18. The molecule has 2 N–H and O–H groups in total. The van der Waals surface area contributed by atoms with E-state index in [0.717, 1.165) is 44.1 Å². The predicted molar refractivity (Wildman–Crippen MR) is 108 cm³/mol. The van der Waals surface area contributed by atoms with Crippen molar-refractivity contribution < 1.29 is 9.47 Å². The molecule has 0 saturated heterocycles. The summed E-state index contributed by atoms with van der Waals surface area (Å²) >= 11 is 0. The lowest BCUT2D eigenvalue weighted by atomic mass is 10.1. The van der Waals surface area contributed by atoms with Crippen LogP contribution in [0.1, 0.15) is 56.1 Å². The van der Waals surface area contributed by atoms with Gasteiger partial charge in [-0.05, 0) is 63.5 Å². The SMILES string of the molecule is CN=C(NCCCCCOC)NCc1ccc(C)cc1OC1CCCC1. The summed E-state index contributed by atoms with van der Waals surface area (Å²) in [4.78, 5) is 4.32. The van der Waals surface area contributed by atoms with E-state index >= 15 is 0 Å². The average molecular weight is 362 g/mol. The first-order valence-electron chi connectivity index (χ1n) is 9.92. The molecule has 5 nitrogen and oxygen atoms in total. The lowest BCUT2D eigenvalue weighted by Crippen LogP contribution is -2.37. The molecule has 146 valence electrons. The van der Waals surface area contributed by atoms with Gasteiger partial charge in [0.1, 0.15) is 5.75 Å². The second kappa shape index (κ2) is 11.8. The zero-order valence-electron chi connectivity index (χ0n) is 16.6. The Morgan fingerprint density at radius 3 is 2.69 bits per heavy atom. The van der Waals surface area contributed by atoms with Crippen LogP contribution in [0, 0.1) is 6.92 Å². The van der Waals surface area contributed by atoms with E-state index in [0.29, 0.717) is 12.6 Å². The summed E-state index contributed by atoms with van der Waals surface area (Å²) in [6.45, 7) is 4.58. The number of aliphatic imine (C=N–C) groups is 1. The number of hydrogen-bond donors (Lipinski definition) is 2. The van der Waals surface area contributed by atoms with Crippen LogP contribution < -0.4 is 15.4 Å². The Bertz CT molecular complexity index is 554. The van der Waals surface area contributed by atoms with Crippen LogP contribution in [0.25, 0.3) is 0 Å². The molecule has 2 rings (SSSR count). The first-order valence-corrected chi connectivity index (χ1v) is 9.92. The van der Waals surface area contributed by atoms with Crippen molar-refractivity contribution in [2.75, 3.05) is 27.3 Å². The van der Waals surface area contributed by atoms with Crippen LogP contribution in [-0.4, -0.2) is 39.4 Å². The minimum Gasteiger partial charge on any atom is -0.490 e. The quantitative estimate of drug-likeness (QED) is 0.378. The highest BCUT2D eigenvalue weighted by Crippen LogP contribution is 2.27. The van der Waals surface area contributed by atoms with Crippen molar-refractivity contribution in [2.24, 2.45) is 4.99 Å². The van der Waals surface area contributed by atoms with Gasteiger partial charge in [-0.1, -0.05) is 12.1 Å². The molecule has 0 unspecified atom stereocenters. The summed E-state index contributed by atoms with van der Waals surface area (Å²) in [5, 5.41) is 6.78. The molecule has 1 saturated carbocycles. The van der Waals surface area contributed by atoms with Crippen LogP contribution in [0.5, 0.6) is 5.75 Å². The van der Waals surface area contributed by atoms with Crippen molar-refractivity contribution in [1.29, 1.82) is 0 Å². The van der Waals surface area contributed by atoms with E-state index in [4.69, 9.17) is 9.47 Å². The van der Waals surface area contributed by atoms with Gasteiger partial charge in [0.05, 0.1) is 6.10 Å². The maximum Gasteiger partial charge on any atom is 0.191 e. The minimum atomic E-state index is 0.375. The summed E-state index contributed by atoms with van der Waals surface area (Å²) in [5.41, 5.74) is 2.42. The molecule has 0 radical (unpaired) electrons. The zero-order chi connectivity index (χ0) is 18.6. The zero-order valence-corrected chi connectivity index (χ0v) is 16.6. The van der Waals surface area contributed by atoms with Crippen LogP contribution in [0.3, 0.4) is 0 Å². The van der Waals surface area contributed by atoms with E-state index in [9.17, 15) is 0 Å². The van der Waals surface area contributed by atoms with Crippen molar-refractivity contribution in [3.05, 3.63) is 29.3 Å². The first-order chi connectivity index (χ1) is 12.7. The Morgan fingerprint density at radius 2 is 1.96 bits per heavy atom. The molecule has 0 heterocycles. The Hall–Kier alpha value is -1.75. The number of methoxy groups -OCH3 is 1. The van der Waals surface area contributed by atoms with Gasteiger partial charge in [-0.2, -0.15) is 0 Å². The fourth-order valence-electron chi connectivity index (χ4n) is 3.26. The van der Waals surface area contributed by atoms with Gasteiger partial charge in [0.2, 0.25) is 0 Å². The molecule has 0 bridgehead atoms. The Balaban J connectivity index is 1.81. The number of nitrogens with zero attached hydrogens (tertiary/aromatic N) is 1. The number of guanidine groups is 1. The second-order valence-electron chi connectivity index (χ2n) is 7.04. The van der Waals surface area contributed by atoms with E-state index in [2.05, 4.69) is 40.7 Å². The molecule has 1 fully saturated rings. The Kier molecular flexibility index (Phi) is 9.32. The van der Waals surface area contributed by atoms with Gasteiger partial charge >= 0.3 is 0 Å². The Labute approximate surface area is 158 Å². The monoisotopic (exact) mass is 361 g/mol. The van der Waals surface area contributed by atoms with Gasteiger partial charge in [-0.25, -0.2) is 0 Å². The molecule has 26 heavy (non-hydrogen) atoms. The molecule has 0 amide bonds. The molecule has 0 aliphatic heterocycles. The highest BCUT2D eigenvalue weighted by molar-refractivity contribution is 5.79. The topological polar surface area (TPSA) is 54.9 Å². The maximum absolute atomic E-state index is 6.28. The van der Waals surface area contributed by atoms with E-state index in [-0.39, 0.29) is 0 Å². The van der Waals surface area contributed by atoms with E-state index in [1.54, 1.807) is 7.11 Å². The molecule has 0 spiro atoms. The number of benzene rings is 1. The summed E-state index contributed by atoms with van der Waals surface area (Å²) in [6, 6.07) is 6.45. The number of ether oxygens (including phenoxy) is 2. The van der Waals surface area contributed by atoms with E-state index in [1.807, 2.05) is 7.05 Å². The standard InChI is InChI=1S/C21H35N3O2/c1-17-11-12-18(20(15-17)26-19-9-5-6-10-19)16-24-21(22-2)23-13-7-4-8-14-25-3/h11-12,15,19H,4-10,13-14,16H2,1-3H3,(H2,22,23,24). The summed E-state index contributed by atoms with van der Waals surface area (Å²) in [6.07, 6.45) is 8.67. The minimum absolute atomic E-state index is 0.375. The first kappa shape index (κ1) is 20.6. The van der Waals surface area contributed by atoms with Crippen LogP contribution in [-0.2, 0) is 11.3 Å². The highest BCUT2D eigenvalue weighted by atomic mass is 16.5. The van der Waals surface area contributed by atoms with Gasteiger partial charge in [-0.3, -0.25) is 4.99 Å². The van der Waals surface area contributed by atoms with Gasteiger partial charge in [0, 0.05) is 39.4 Å². The van der Waals surface area contributed by atoms with Gasteiger partial charge in [0.25, 0.3) is 0 Å². The van der Waals surface area contributed by atoms with E-state index < -0.39 is 0 Å². The van der Waals surface area contributed by atoms with Crippen LogP contribution in [0.15, 0.2) is 23.2 Å². The van der Waals surface area contributed by atoms with Crippen molar-refractivity contribution in [3.8, 4) is 5.75 Å². The van der Waals surface area contributed by atoms with Crippen LogP contribution in [0.2, 0.25) is 0 Å². The molecule has 1 aromatic rings. The largest absolute Gasteiger partial charge is 0.490 e. The number of rotatable bonds is 10. The van der Waals surface area contributed by atoms with Gasteiger partial charge < -0.3 is 20.1 Å². The lowest BCUT2D eigenvalue weighted by molar-refractivity contribution is 0.192. The molecule has 1 aliphatic carbocycles. The predicted octanol–water partition coefficient (Wildman–Crippen LogP) is 3.80. The normalized spacial score (nSPS) is 15.3. The molecular formula is C21H35N3O2. The molecule has 0 atom stereocenters. The van der Waals surface area contributed by atoms with E-state index in [1.165, 1.54) is 36.8 Å². The molecular weight excluding hydrogens is 326 g/mol. The molecule has 1 aromatic carbocycles. The fraction of sp³-hybridized carbons (Fsp3) is 0.667. The average Bonchev–Trinajstić information content (AvgIpc) is 3.15. The number of aryl methyl sites for hydroxylation is 1. The number of hydrogen-bond acceptors (Lipinski definition) is 3. The number of nitrogens with one attached hydrogen (secondary N) is 2. The molecule has 0 aromatic heterocycles. The molecule has 1 aliphatic rings. The summed E-state index contributed by atoms with van der Waals surface area (Å²) in [5.74, 6) is 1.85. The van der Waals surface area contributed by atoms with Crippen LogP contribution >= 0.6 is 0 Å². The van der Waals surface area contributed by atoms with Crippen molar-refractivity contribution in [1.82, 2.24) is 10.6 Å². The number of unbranched alkanes of at least 4 members (excludes halogenated alkanes) is 2. The third kappa shape index (κ3) is 7.24. The third-order valence-corrected chi connectivity index (χ3v) is 4.81. The molecule has 5 heteroatoms. The second-order valence-corrected chi connectivity index (χ2v) is 7.04. The smallest absolute Gasteiger partial charge is 0.191 e. The Morgan fingerprint density at radius 1 is 1.15 bits per heavy atom. The third-order valence-electron chi connectivity index (χ3n) is 4.81. The van der Waals surface area contributed by atoms with Crippen LogP contribution in [0.4, 0.5) is 0 Å². The van der Waals surface area contributed by atoms with Crippen molar-refractivity contribution in [3.63, 3.8) is 0 Å². The maximum atomic E-state index is 6.28.